The molecule has 2 aromatic carbocycles. The van der Waals surface area contributed by atoms with Gasteiger partial charge in [-0.2, -0.15) is 0 Å². The Hall–Kier alpha value is -2.42. The molecule has 1 saturated heterocycles. The Balaban J connectivity index is 2.02. The quantitative estimate of drug-likeness (QED) is 0.494. The van der Waals surface area contributed by atoms with Crippen LogP contribution in [0.5, 0.6) is 0 Å². The molecule has 0 aromatic heterocycles. The predicted octanol–water partition coefficient (Wildman–Crippen LogP) is 5.40. The Morgan fingerprint density at radius 2 is 1.53 bits per heavy atom. The molecule has 0 bridgehead atoms. The highest BCUT2D eigenvalue weighted by Crippen LogP contribution is 2.35. The van der Waals surface area contributed by atoms with Crippen molar-refractivity contribution in [3.05, 3.63) is 72.1 Å². The summed E-state index contributed by atoms with van der Waals surface area (Å²) in [6.45, 7) is 14.5. The molecule has 3 rings (SSSR count). The minimum absolute atomic E-state index is 0.299. The van der Waals surface area contributed by atoms with E-state index in [9.17, 15) is 9.00 Å². The van der Waals surface area contributed by atoms with Gasteiger partial charge in [0.15, 0.2) is 0 Å². The number of nitrogens with one attached hydrogen (secondary N) is 2. The van der Waals surface area contributed by atoms with Gasteiger partial charge in [-0.25, -0.2) is 18.2 Å². The van der Waals surface area contributed by atoms with Gasteiger partial charge in [-0.3, -0.25) is 4.90 Å². The number of hydrogen-bond acceptors (Lipinski definition) is 4. The zero-order chi connectivity index (χ0) is 26.8. The topological polar surface area (TPSA) is 82.5 Å². The standard InChI is InChI=1S/C28H41N3O3SSi/c1-26(2,3)34-25(32)31-21-14-19-28(31,7)20-22-35(29,33)30-36(27(4,5)6,23-15-10-8-11-16-23)24-17-12-9-13-18-24/h8-13,15-18,20,22H,14,19,21H2,1-7H3,(H2,29,30,33)/b22-20+/t28-,35?/m1/s1. The van der Waals surface area contributed by atoms with E-state index in [-0.39, 0.29) is 11.1 Å². The van der Waals surface area contributed by atoms with E-state index in [1.165, 1.54) is 5.41 Å². The molecule has 196 valence electrons. The fourth-order valence-corrected chi connectivity index (χ4v) is 13.2. The molecule has 0 aliphatic carbocycles. The fourth-order valence-electron chi connectivity index (χ4n) is 4.96. The highest BCUT2D eigenvalue weighted by atomic mass is 32.2. The molecule has 2 N–H and O–H groups in total. The van der Waals surface area contributed by atoms with Gasteiger partial charge in [0.05, 0.1) is 5.54 Å². The van der Waals surface area contributed by atoms with E-state index < -0.39 is 29.3 Å². The monoisotopic (exact) mass is 527 g/mol. The van der Waals surface area contributed by atoms with Crippen LogP contribution in [0.25, 0.3) is 0 Å². The Morgan fingerprint density at radius 3 is 1.97 bits per heavy atom. The van der Waals surface area contributed by atoms with E-state index in [0.717, 1.165) is 23.2 Å². The Morgan fingerprint density at radius 1 is 1.03 bits per heavy atom. The average Bonchev–Trinajstić information content (AvgIpc) is 3.18. The summed E-state index contributed by atoms with van der Waals surface area (Å²) in [5, 5.41) is 3.31. The summed E-state index contributed by atoms with van der Waals surface area (Å²) in [7, 11) is -6.30. The van der Waals surface area contributed by atoms with E-state index in [2.05, 4.69) is 49.4 Å². The molecule has 2 atom stereocenters. The summed E-state index contributed by atoms with van der Waals surface area (Å²) in [4.78, 5) is 14.6. The van der Waals surface area contributed by atoms with Gasteiger partial charge in [0.25, 0.3) is 0 Å². The van der Waals surface area contributed by atoms with Gasteiger partial charge in [-0.1, -0.05) is 81.4 Å². The van der Waals surface area contributed by atoms with Crippen LogP contribution in [0.4, 0.5) is 4.79 Å². The lowest BCUT2D eigenvalue weighted by atomic mass is 10.00. The van der Waals surface area contributed by atoms with Crippen LogP contribution in [0.1, 0.15) is 61.3 Å². The third-order valence-corrected chi connectivity index (χ3v) is 14.4. The van der Waals surface area contributed by atoms with Gasteiger partial charge in [0.1, 0.15) is 15.5 Å². The van der Waals surface area contributed by atoms with Gasteiger partial charge in [0, 0.05) is 12.0 Å². The molecule has 0 radical (unpaired) electrons. The second-order valence-corrected chi connectivity index (χ2v) is 18.3. The van der Waals surface area contributed by atoms with Gasteiger partial charge in [0.2, 0.25) is 8.24 Å². The first kappa shape index (κ1) is 28.2. The molecule has 0 saturated carbocycles. The number of amides is 1. The molecule has 2 aromatic rings. The van der Waals surface area contributed by atoms with Crippen molar-refractivity contribution < 1.29 is 13.7 Å². The first-order valence-corrected chi connectivity index (χ1v) is 16.1. The normalized spacial score (nSPS) is 20.9. The molecule has 8 heteroatoms. The molecular formula is C28H41N3O3SSi. The number of ether oxygens (including phenoxy) is 1. The summed E-state index contributed by atoms with van der Waals surface area (Å²) in [6, 6.07) is 20.2. The summed E-state index contributed by atoms with van der Waals surface area (Å²) in [5.74, 6) is 0. The number of carbonyl (C=O) groups is 1. The maximum atomic E-state index is 14.0. The third kappa shape index (κ3) is 6.10. The summed E-state index contributed by atoms with van der Waals surface area (Å²) < 4.78 is 32.0. The van der Waals surface area contributed by atoms with Crippen LogP contribution >= 0.6 is 0 Å². The van der Waals surface area contributed by atoms with Gasteiger partial charge in [-0.15, -0.1) is 0 Å². The number of carbonyl (C=O) groups excluding carboxylic acids is 1. The predicted molar refractivity (Wildman–Crippen MR) is 151 cm³/mol. The SMILES string of the molecule is CC(C)(C)OC(=O)N1CCC[C@]1(C)/C=C/S(=N)(=O)N[Si](c1ccccc1)(c1ccccc1)C(C)(C)C. The van der Waals surface area contributed by atoms with E-state index in [4.69, 9.17) is 9.52 Å². The zero-order valence-corrected chi connectivity index (χ0v) is 24.4. The first-order chi connectivity index (χ1) is 16.6. The third-order valence-electron chi connectivity index (χ3n) is 6.76. The number of nitrogens with zero attached hydrogens (tertiary/aromatic N) is 1. The van der Waals surface area contributed by atoms with Crippen molar-refractivity contribution >= 4 is 34.6 Å². The molecule has 1 heterocycles. The highest BCUT2D eigenvalue weighted by molar-refractivity contribution is 7.95. The van der Waals surface area contributed by atoms with Crippen LogP contribution in [0, 0.1) is 4.78 Å². The molecule has 0 spiro atoms. The van der Waals surface area contributed by atoms with Crippen LogP contribution in [0.3, 0.4) is 0 Å². The van der Waals surface area contributed by atoms with Crippen LogP contribution in [0.2, 0.25) is 5.04 Å². The van der Waals surface area contributed by atoms with Crippen molar-refractivity contribution in [3.63, 3.8) is 0 Å². The Bertz CT molecular complexity index is 1150. The molecule has 36 heavy (non-hydrogen) atoms. The van der Waals surface area contributed by atoms with Gasteiger partial charge >= 0.3 is 6.09 Å². The van der Waals surface area contributed by atoms with Gasteiger partial charge in [-0.05, 0) is 62.0 Å². The van der Waals surface area contributed by atoms with Crippen molar-refractivity contribution in [2.24, 2.45) is 0 Å². The van der Waals surface area contributed by atoms with Crippen LogP contribution in [-0.2, 0) is 14.7 Å². The number of likely N-dealkylation sites (tertiary alicyclic amines) is 1. The maximum absolute atomic E-state index is 14.0. The average molecular weight is 528 g/mol. The molecule has 1 fully saturated rings. The maximum Gasteiger partial charge on any atom is 0.410 e. The lowest BCUT2D eigenvalue weighted by molar-refractivity contribution is 0.0169. The summed E-state index contributed by atoms with van der Waals surface area (Å²) in [6.07, 6.45) is 2.92. The lowest BCUT2D eigenvalue weighted by Gasteiger charge is -2.44. The van der Waals surface area contributed by atoms with E-state index in [0.29, 0.717) is 6.54 Å². The molecule has 6 nitrogen and oxygen atoms in total. The van der Waals surface area contributed by atoms with Crippen LogP contribution in [-0.4, -0.2) is 41.1 Å². The molecule has 1 aliphatic heterocycles. The Kier molecular flexibility index (Phi) is 7.94. The minimum atomic E-state index is -3.38. The van der Waals surface area contributed by atoms with Crippen molar-refractivity contribution in [1.82, 2.24) is 9.29 Å². The molecule has 1 amide bonds. The zero-order valence-electron chi connectivity index (χ0n) is 22.6. The van der Waals surface area contributed by atoms with E-state index >= 15 is 0 Å². The van der Waals surface area contributed by atoms with Crippen LogP contribution in [0.15, 0.2) is 72.1 Å². The number of rotatable bonds is 6. The molecular weight excluding hydrogens is 486 g/mol. The van der Waals surface area contributed by atoms with Crippen molar-refractivity contribution in [1.29, 1.82) is 4.78 Å². The van der Waals surface area contributed by atoms with Crippen LogP contribution < -0.4 is 14.8 Å². The van der Waals surface area contributed by atoms with Gasteiger partial charge < -0.3 is 4.74 Å². The Labute approximate surface area is 218 Å². The highest BCUT2D eigenvalue weighted by Gasteiger charge is 2.50. The minimum Gasteiger partial charge on any atom is -0.444 e. The second kappa shape index (κ2) is 10.1. The van der Waals surface area contributed by atoms with Crippen molar-refractivity contribution in [2.75, 3.05) is 6.54 Å². The largest absolute Gasteiger partial charge is 0.444 e. The summed E-state index contributed by atoms with van der Waals surface area (Å²) >= 11 is 0. The summed E-state index contributed by atoms with van der Waals surface area (Å²) in [5.41, 5.74) is -1.27. The molecule has 1 aliphatic rings. The van der Waals surface area contributed by atoms with Crippen molar-refractivity contribution in [2.45, 2.75) is 77.5 Å². The number of benzene rings is 2. The molecule has 1 unspecified atom stereocenters. The lowest BCUT2D eigenvalue weighted by Crippen LogP contribution is -2.74. The number of hydrogen-bond donors (Lipinski definition) is 2. The van der Waals surface area contributed by atoms with Crippen molar-refractivity contribution in [3.8, 4) is 0 Å². The fraction of sp³-hybridized carbons (Fsp3) is 0.464. The first-order valence-electron chi connectivity index (χ1n) is 12.5. The van der Waals surface area contributed by atoms with E-state index in [1.807, 2.05) is 64.1 Å². The second-order valence-electron chi connectivity index (χ2n) is 11.8. The smallest absolute Gasteiger partial charge is 0.410 e. The van der Waals surface area contributed by atoms with E-state index in [1.54, 1.807) is 11.0 Å².